The summed E-state index contributed by atoms with van der Waals surface area (Å²) in [4.78, 5) is 4.89. The Labute approximate surface area is 107 Å². The van der Waals surface area contributed by atoms with Gasteiger partial charge in [-0.25, -0.2) is 0 Å². The SMILES string of the molecule is C=C(CNCCC)CN(C)C1CCN(C)CC1. The van der Waals surface area contributed by atoms with E-state index in [-0.39, 0.29) is 0 Å². The lowest BCUT2D eigenvalue weighted by Gasteiger charge is -2.35. The maximum absolute atomic E-state index is 4.16. The molecule has 0 aliphatic carbocycles. The van der Waals surface area contributed by atoms with E-state index in [2.05, 4.69) is 42.7 Å². The molecule has 17 heavy (non-hydrogen) atoms. The molecule has 0 bridgehead atoms. The van der Waals surface area contributed by atoms with Crippen LogP contribution in [0.4, 0.5) is 0 Å². The standard InChI is InChI=1S/C14H29N3/c1-5-8-15-11-13(2)12-17(4)14-6-9-16(3)10-7-14/h14-15H,2,5-12H2,1,3-4H3. The fourth-order valence-corrected chi connectivity index (χ4v) is 2.42. The average Bonchev–Trinajstić information content (AvgIpc) is 2.30. The smallest absolute Gasteiger partial charge is 0.0202 e. The Hall–Kier alpha value is -0.380. The number of nitrogens with one attached hydrogen (secondary N) is 1. The molecule has 1 rings (SSSR count). The minimum absolute atomic E-state index is 0.745. The van der Waals surface area contributed by atoms with Gasteiger partial charge in [-0.2, -0.15) is 0 Å². The zero-order valence-corrected chi connectivity index (χ0v) is 11.8. The topological polar surface area (TPSA) is 18.5 Å². The van der Waals surface area contributed by atoms with Gasteiger partial charge in [-0.05, 0) is 58.6 Å². The van der Waals surface area contributed by atoms with Crippen LogP contribution in [0.25, 0.3) is 0 Å². The molecule has 0 radical (unpaired) electrons. The second-order valence-corrected chi connectivity index (χ2v) is 5.38. The monoisotopic (exact) mass is 239 g/mol. The summed E-state index contributed by atoms with van der Waals surface area (Å²) in [6, 6.07) is 0.745. The highest BCUT2D eigenvalue weighted by Crippen LogP contribution is 2.14. The third-order valence-corrected chi connectivity index (χ3v) is 3.59. The van der Waals surface area contributed by atoms with Crippen molar-refractivity contribution in [2.75, 3.05) is 46.8 Å². The number of likely N-dealkylation sites (tertiary alicyclic amines) is 1. The van der Waals surface area contributed by atoms with E-state index in [1.54, 1.807) is 0 Å². The Morgan fingerprint density at radius 3 is 2.65 bits per heavy atom. The van der Waals surface area contributed by atoms with Crippen LogP contribution in [-0.4, -0.2) is 62.7 Å². The molecule has 1 N–H and O–H groups in total. The highest BCUT2D eigenvalue weighted by Gasteiger charge is 2.20. The van der Waals surface area contributed by atoms with Gasteiger partial charge in [0.1, 0.15) is 0 Å². The van der Waals surface area contributed by atoms with E-state index in [4.69, 9.17) is 0 Å². The van der Waals surface area contributed by atoms with Crippen LogP contribution < -0.4 is 5.32 Å². The molecule has 1 aliphatic rings. The molecule has 1 heterocycles. The Morgan fingerprint density at radius 2 is 2.06 bits per heavy atom. The van der Waals surface area contributed by atoms with Gasteiger partial charge in [-0.3, -0.25) is 4.90 Å². The van der Waals surface area contributed by atoms with Gasteiger partial charge in [0.15, 0.2) is 0 Å². The van der Waals surface area contributed by atoms with E-state index >= 15 is 0 Å². The van der Waals surface area contributed by atoms with Crippen molar-refractivity contribution < 1.29 is 0 Å². The van der Waals surface area contributed by atoms with Crippen molar-refractivity contribution in [1.29, 1.82) is 0 Å². The molecule has 0 unspecified atom stereocenters. The summed E-state index contributed by atoms with van der Waals surface area (Å²) in [6.07, 6.45) is 3.78. The minimum atomic E-state index is 0.745. The van der Waals surface area contributed by atoms with Crippen LogP contribution in [0.15, 0.2) is 12.2 Å². The summed E-state index contributed by atoms with van der Waals surface area (Å²) >= 11 is 0. The first kappa shape index (κ1) is 14.7. The van der Waals surface area contributed by atoms with Gasteiger partial charge in [0.05, 0.1) is 0 Å². The fourth-order valence-electron chi connectivity index (χ4n) is 2.42. The lowest BCUT2D eigenvalue weighted by Crippen LogP contribution is -2.43. The van der Waals surface area contributed by atoms with E-state index in [1.165, 1.54) is 37.9 Å². The zero-order chi connectivity index (χ0) is 12.7. The molecule has 0 aromatic heterocycles. The van der Waals surface area contributed by atoms with E-state index in [9.17, 15) is 0 Å². The van der Waals surface area contributed by atoms with Crippen LogP contribution in [0, 0.1) is 0 Å². The van der Waals surface area contributed by atoms with Crippen molar-refractivity contribution in [2.24, 2.45) is 0 Å². The maximum Gasteiger partial charge on any atom is 0.0202 e. The minimum Gasteiger partial charge on any atom is -0.313 e. The van der Waals surface area contributed by atoms with Crippen molar-refractivity contribution in [1.82, 2.24) is 15.1 Å². The molecular formula is C14H29N3. The summed E-state index contributed by atoms with van der Waals surface area (Å²) in [6.45, 7) is 11.9. The lowest BCUT2D eigenvalue weighted by atomic mass is 10.0. The Kier molecular flexibility index (Phi) is 6.78. The third-order valence-electron chi connectivity index (χ3n) is 3.59. The quantitative estimate of drug-likeness (QED) is 0.537. The third kappa shape index (κ3) is 5.66. The van der Waals surface area contributed by atoms with E-state index in [0.29, 0.717) is 0 Å². The molecule has 1 aliphatic heterocycles. The maximum atomic E-state index is 4.16. The Bertz CT molecular complexity index is 220. The second kappa shape index (κ2) is 7.85. The first-order valence-corrected chi connectivity index (χ1v) is 6.89. The molecule has 0 atom stereocenters. The van der Waals surface area contributed by atoms with E-state index in [1.807, 2.05) is 0 Å². The van der Waals surface area contributed by atoms with Gasteiger partial charge in [0.25, 0.3) is 0 Å². The van der Waals surface area contributed by atoms with Gasteiger partial charge in [0, 0.05) is 19.1 Å². The normalized spacial score (nSPS) is 18.8. The molecule has 0 aromatic carbocycles. The predicted molar refractivity (Wildman–Crippen MR) is 75.4 cm³/mol. The molecule has 0 amide bonds. The average molecular weight is 239 g/mol. The molecule has 100 valence electrons. The summed E-state index contributed by atoms with van der Waals surface area (Å²) in [5.41, 5.74) is 1.31. The molecule has 0 saturated carbocycles. The predicted octanol–water partition coefficient (Wildman–Crippen LogP) is 1.57. The van der Waals surface area contributed by atoms with Crippen LogP contribution in [0.2, 0.25) is 0 Å². The number of nitrogens with zero attached hydrogens (tertiary/aromatic N) is 2. The van der Waals surface area contributed by atoms with Crippen LogP contribution in [-0.2, 0) is 0 Å². The molecule has 1 fully saturated rings. The number of hydrogen-bond donors (Lipinski definition) is 1. The molecule has 1 saturated heterocycles. The van der Waals surface area contributed by atoms with Crippen LogP contribution in [0.3, 0.4) is 0 Å². The van der Waals surface area contributed by atoms with Gasteiger partial charge < -0.3 is 10.2 Å². The lowest BCUT2D eigenvalue weighted by molar-refractivity contribution is 0.152. The van der Waals surface area contributed by atoms with Crippen LogP contribution >= 0.6 is 0 Å². The fraction of sp³-hybridized carbons (Fsp3) is 0.857. The molecular weight excluding hydrogens is 210 g/mol. The molecule has 0 aromatic rings. The summed E-state index contributed by atoms with van der Waals surface area (Å²) in [5.74, 6) is 0. The zero-order valence-electron chi connectivity index (χ0n) is 11.8. The summed E-state index contributed by atoms with van der Waals surface area (Å²) in [5, 5.41) is 3.42. The van der Waals surface area contributed by atoms with Gasteiger partial charge in [0.2, 0.25) is 0 Å². The highest BCUT2D eigenvalue weighted by molar-refractivity contribution is 5.00. The van der Waals surface area contributed by atoms with Crippen molar-refractivity contribution >= 4 is 0 Å². The van der Waals surface area contributed by atoms with E-state index in [0.717, 1.165) is 25.7 Å². The first-order chi connectivity index (χ1) is 8.13. The van der Waals surface area contributed by atoms with Crippen LogP contribution in [0.1, 0.15) is 26.2 Å². The first-order valence-electron chi connectivity index (χ1n) is 6.89. The van der Waals surface area contributed by atoms with Gasteiger partial charge >= 0.3 is 0 Å². The van der Waals surface area contributed by atoms with Crippen molar-refractivity contribution in [3.63, 3.8) is 0 Å². The highest BCUT2D eigenvalue weighted by atomic mass is 15.2. The Morgan fingerprint density at radius 1 is 1.41 bits per heavy atom. The van der Waals surface area contributed by atoms with Crippen LogP contribution in [0.5, 0.6) is 0 Å². The van der Waals surface area contributed by atoms with E-state index < -0.39 is 0 Å². The van der Waals surface area contributed by atoms with Crippen molar-refractivity contribution in [2.45, 2.75) is 32.2 Å². The van der Waals surface area contributed by atoms with Gasteiger partial charge in [-0.1, -0.05) is 13.5 Å². The van der Waals surface area contributed by atoms with Crippen molar-refractivity contribution in [3.8, 4) is 0 Å². The second-order valence-electron chi connectivity index (χ2n) is 5.38. The largest absolute Gasteiger partial charge is 0.313 e. The molecule has 3 heteroatoms. The van der Waals surface area contributed by atoms with Crippen molar-refractivity contribution in [3.05, 3.63) is 12.2 Å². The molecule has 0 spiro atoms. The summed E-state index contributed by atoms with van der Waals surface area (Å²) in [7, 11) is 4.45. The number of rotatable bonds is 7. The number of piperidine rings is 1. The Balaban J connectivity index is 2.19. The molecule has 3 nitrogen and oxygen atoms in total. The van der Waals surface area contributed by atoms with Gasteiger partial charge in [-0.15, -0.1) is 0 Å². The number of hydrogen-bond acceptors (Lipinski definition) is 3. The summed E-state index contributed by atoms with van der Waals surface area (Å²) < 4.78 is 0. The number of likely N-dealkylation sites (N-methyl/N-ethyl adjacent to an activating group) is 1.